The molecule has 0 aliphatic carbocycles. The second-order valence-corrected chi connectivity index (χ2v) is 5.70. The minimum absolute atomic E-state index is 0.0310. The third-order valence-electron chi connectivity index (χ3n) is 4.26. The van der Waals surface area contributed by atoms with Gasteiger partial charge >= 0.3 is 0 Å². The van der Waals surface area contributed by atoms with Gasteiger partial charge in [-0.15, -0.1) is 0 Å². The topological polar surface area (TPSA) is 49.4 Å². The third-order valence-corrected chi connectivity index (χ3v) is 4.26. The Bertz CT molecular complexity index is 712. The van der Waals surface area contributed by atoms with Gasteiger partial charge in [0.2, 0.25) is 12.3 Å². The summed E-state index contributed by atoms with van der Waals surface area (Å²) in [7, 11) is 0. The first-order chi connectivity index (χ1) is 11.3. The van der Waals surface area contributed by atoms with Crippen LogP contribution in [-0.4, -0.2) is 18.9 Å². The van der Waals surface area contributed by atoms with E-state index in [9.17, 15) is 9.59 Å². The van der Waals surface area contributed by atoms with Gasteiger partial charge in [0.1, 0.15) is 0 Å². The molecular formula is C19H20N2O2. The molecule has 3 rings (SSSR count). The van der Waals surface area contributed by atoms with Gasteiger partial charge in [0.05, 0.1) is 6.54 Å². The molecular weight excluding hydrogens is 288 g/mol. The quantitative estimate of drug-likeness (QED) is 0.697. The number of carbonyl (C=O) groups excluding carboxylic acids is 2. The molecule has 0 fully saturated rings. The van der Waals surface area contributed by atoms with Crippen molar-refractivity contribution < 1.29 is 9.59 Å². The molecule has 1 aliphatic rings. The fraction of sp³-hybridized carbons (Fsp3) is 0.263. The molecule has 118 valence electrons. The fourth-order valence-electron chi connectivity index (χ4n) is 3.06. The zero-order valence-corrected chi connectivity index (χ0v) is 13.0. The molecule has 2 amide bonds. The van der Waals surface area contributed by atoms with Crippen molar-refractivity contribution in [2.24, 2.45) is 0 Å². The maximum absolute atomic E-state index is 12.7. The van der Waals surface area contributed by atoms with E-state index in [1.54, 1.807) is 0 Å². The number of para-hydroxylation sites is 1. The largest absolute Gasteiger partial charge is 0.358 e. The number of carbonyl (C=O) groups is 2. The molecule has 0 spiro atoms. The van der Waals surface area contributed by atoms with Crippen molar-refractivity contribution in [2.45, 2.75) is 25.8 Å². The highest BCUT2D eigenvalue weighted by Gasteiger charge is 2.21. The number of fused-ring (bicyclic) bond motifs is 2. The molecule has 23 heavy (non-hydrogen) atoms. The molecule has 0 radical (unpaired) electrons. The van der Waals surface area contributed by atoms with E-state index in [-0.39, 0.29) is 5.91 Å². The van der Waals surface area contributed by atoms with E-state index in [1.165, 1.54) is 16.7 Å². The smallest absolute Gasteiger partial charge is 0.229 e. The van der Waals surface area contributed by atoms with Crippen molar-refractivity contribution in [3.8, 4) is 0 Å². The van der Waals surface area contributed by atoms with Crippen LogP contribution < -0.4 is 10.2 Å². The first kappa shape index (κ1) is 15.3. The summed E-state index contributed by atoms with van der Waals surface area (Å²) in [6, 6.07) is 16.4. The summed E-state index contributed by atoms with van der Waals surface area (Å²) < 4.78 is 0. The van der Waals surface area contributed by atoms with E-state index < -0.39 is 0 Å². The van der Waals surface area contributed by atoms with Crippen LogP contribution >= 0.6 is 0 Å². The average Bonchev–Trinajstić information content (AvgIpc) is 2.57. The monoisotopic (exact) mass is 308 g/mol. The summed E-state index contributed by atoms with van der Waals surface area (Å²) in [5.74, 6) is 0.0310. The summed E-state index contributed by atoms with van der Waals surface area (Å²) in [5, 5.41) is 2.56. The summed E-state index contributed by atoms with van der Waals surface area (Å²) in [4.78, 5) is 24.9. The maximum Gasteiger partial charge on any atom is 0.229 e. The number of amides is 2. The normalized spacial score (nSPS) is 13.3. The predicted molar refractivity (Wildman–Crippen MR) is 90.2 cm³/mol. The molecule has 1 N–H and O–H groups in total. The Kier molecular flexibility index (Phi) is 4.71. The fourth-order valence-corrected chi connectivity index (χ4v) is 3.06. The maximum atomic E-state index is 12.7. The highest BCUT2D eigenvalue weighted by atomic mass is 16.2. The number of hydrogen-bond donors (Lipinski definition) is 1. The van der Waals surface area contributed by atoms with Crippen molar-refractivity contribution in [1.29, 1.82) is 0 Å². The second kappa shape index (κ2) is 7.09. The molecule has 0 saturated carbocycles. The molecule has 0 atom stereocenters. The van der Waals surface area contributed by atoms with Crippen LogP contribution in [0.4, 0.5) is 5.69 Å². The molecule has 4 heteroatoms. The highest BCUT2D eigenvalue weighted by Crippen LogP contribution is 2.28. The van der Waals surface area contributed by atoms with Gasteiger partial charge < -0.3 is 10.2 Å². The Morgan fingerprint density at radius 2 is 1.65 bits per heavy atom. The van der Waals surface area contributed by atoms with E-state index in [1.807, 2.05) is 35.2 Å². The first-order valence-corrected chi connectivity index (χ1v) is 7.91. The van der Waals surface area contributed by atoms with E-state index >= 15 is 0 Å². The zero-order valence-electron chi connectivity index (χ0n) is 13.0. The van der Waals surface area contributed by atoms with Crippen molar-refractivity contribution in [3.05, 3.63) is 65.2 Å². The number of anilines is 1. The number of hydrogen-bond acceptors (Lipinski definition) is 2. The number of aryl methyl sites for hydroxylation is 2. The van der Waals surface area contributed by atoms with Gasteiger partial charge in [-0.2, -0.15) is 0 Å². The lowest BCUT2D eigenvalue weighted by Crippen LogP contribution is -2.34. The lowest BCUT2D eigenvalue weighted by atomic mass is 9.95. The lowest BCUT2D eigenvalue weighted by molar-refractivity contribution is -0.118. The third kappa shape index (κ3) is 3.42. The standard InChI is InChI=1S/C19H20N2O2/c22-14-20-12-11-19(23)21-13-17-7-2-1-5-15(17)9-10-16-6-3-4-8-18(16)21/h1-8,14H,9-13H2,(H,20,22). The van der Waals surface area contributed by atoms with Gasteiger partial charge in [-0.1, -0.05) is 42.5 Å². The molecule has 0 bridgehead atoms. The molecule has 1 heterocycles. The molecule has 0 unspecified atom stereocenters. The Hall–Kier alpha value is -2.62. The van der Waals surface area contributed by atoms with Crippen LogP contribution in [0.25, 0.3) is 0 Å². The Labute approximate surface area is 136 Å². The summed E-state index contributed by atoms with van der Waals surface area (Å²) in [6.45, 7) is 0.940. The van der Waals surface area contributed by atoms with Gasteiger partial charge in [-0.05, 0) is 35.6 Å². The van der Waals surface area contributed by atoms with E-state index in [0.29, 0.717) is 25.9 Å². The van der Waals surface area contributed by atoms with E-state index in [0.717, 1.165) is 18.5 Å². The second-order valence-electron chi connectivity index (χ2n) is 5.70. The van der Waals surface area contributed by atoms with Crippen LogP contribution in [0, 0.1) is 0 Å². The van der Waals surface area contributed by atoms with Gasteiger partial charge in [0.25, 0.3) is 0 Å². The Balaban J connectivity index is 1.93. The van der Waals surface area contributed by atoms with Crippen LogP contribution in [0.1, 0.15) is 23.1 Å². The van der Waals surface area contributed by atoms with Crippen LogP contribution in [0.3, 0.4) is 0 Å². The molecule has 2 aromatic rings. The predicted octanol–water partition coefficient (Wildman–Crippen LogP) is 2.45. The molecule has 0 saturated heterocycles. The van der Waals surface area contributed by atoms with Crippen molar-refractivity contribution in [2.75, 3.05) is 11.4 Å². The van der Waals surface area contributed by atoms with Crippen LogP contribution in [0.2, 0.25) is 0 Å². The van der Waals surface area contributed by atoms with E-state index in [2.05, 4.69) is 23.5 Å². The zero-order chi connectivity index (χ0) is 16.1. The average molecular weight is 308 g/mol. The van der Waals surface area contributed by atoms with Gasteiger partial charge in [-0.3, -0.25) is 9.59 Å². The molecule has 4 nitrogen and oxygen atoms in total. The molecule has 1 aliphatic heterocycles. The minimum atomic E-state index is 0.0310. The van der Waals surface area contributed by atoms with Crippen molar-refractivity contribution >= 4 is 18.0 Å². The lowest BCUT2D eigenvalue weighted by Gasteiger charge is -2.28. The number of benzene rings is 2. The summed E-state index contributed by atoms with van der Waals surface area (Å²) in [5.41, 5.74) is 4.67. The first-order valence-electron chi connectivity index (χ1n) is 7.91. The van der Waals surface area contributed by atoms with Crippen LogP contribution in [0.5, 0.6) is 0 Å². The minimum Gasteiger partial charge on any atom is -0.358 e. The molecule has 0 aromatic heterocycles. The highest BCUT2D eigenvalue weighted by molar-refractivity contribution is 5.94. The van der Waals surface area contributed by atoms with Gasteiger partial charge in [-0.25, -0.2) is 0 Å². The van der Waals surface area contributed by atoms with Crippen LogP contribution in [-0.2, 0) is 29.0 Å². The van der Waals surface area contributed by atoms with E-state index in [4.69, 9.17) is 0 Å². The SMILES string of the molecule is O=CNCCC(=O)N1Cc2ccccc2CCc2ccccc21. The summed E-state index contributed by atoms with van der Waals surface area (Å²) in [6.07, 6.45) is 2.84. The Morgan fingerprint density at radius 1 is 1.00 bits per heavy atom. The summed E-state index contributed by atoms with van der Waals surface area (Å²) >= 11 is 0. The number of nitrogens with one attached hydrogen (secondary N) is 1. The van der Waals surface area contributed by atoms with Crippen molar-refractivity contribution in [1.82, 2.24) is 5.32 Å². The molecule has 2 aromatic carbocycles. The van der Waals surface area contributed by atoms with Gasteiger partial charge in [0, 0.05) is 18.7 Å². The number of nitrogens with zero attached hydrogens (tertiary/aromatic N) is 1. The van der Waals surface area contributed by atoms with Gasteiger partial charge in [0.15, 0.2) is 0 Å². The van der Waals surface area contributed by atoms with Crippen molar-refractivity contribution in [3.63, 3.8) is 0 Å². The Morgan fingerprint density at radius 3 is 2.43 bits per heavy atom. The number of rotatable bonds is 4. The van der Waals surface area contributed by atoms with Crippen LogP contribution in [0.15, 0.2) is 48.5 Å².